The van der Waals surface area contributed by atoms with Crippen molar-refractivity contribution in [2.24, 2.45) is 0 Å². The van der Waals surface area contributed by atoms with Crippen LogP contribution in [0.25, 0.3) is 0 Å². The highest BCUT2D eigenvalue weighted by atomic mass is 32.1. The molecular weight excluding hydrogens is 244 g/mol. The van der Waals surface area contributed by atoms with Gasteiger partial charge in [0.15, 0.2) is 0 Å². The molecular formula is C14H24N2OS. The summed E-state index contributed by atoms with van der Waals surface area (Å²) in [5, 5.41) is 10.3. The van der Waals surface area contributed by atoms with Crippen LogP contribution in [-0.4, -0.2) is 54.7 Å². The Balaban J connectivity index is 1.81. The third-order valence-corrected chi connectivity index (χ3v) is 4.73. The molecule has 1 aromatic heterocycles. The molecule has 1 aliphatic rings. The molecule has 2 heterocycles. The van der Waals surface area contributed by atoms with Gasteiger partial charge in [-0.05, 0) is 38.9 Å². The normalized spacial score (nSPS) is 20.2. The van der Waals surface area contributed by atoms with E-state index < -0.39 is 0 Å². The molecule has 1 atom stereocenters. The molecule has 0 bridgehead atoms. The molecule has 102 valence electrons. The molecule has 4 heteroatoms. The average Bonchev–Trinajstić information content (AvgIpc) is 2.67. The molecule has 0 radical (unpaired) electrons. The quantitative estimate of drug-likeness (QED) is 0.905. The number of hydrogen-bond donors (Lipinski definition) is 1. The summed E-state index contributed by atoms with van der Waals surface area (Å²) in [7, 11) is 2.17. The van der Waals surface area contributed by atoms with Gasteiger partial charge in [0.25, 0.3) is 0 Å². The average molecular weight is 268 g/mol. The Bertz CT molecular complexity index is 383. The van der Waals surface area contributed by atoms with Crippen LogP contribution in [-0.2, 0) is 0 Å². The lowest BCUT2D eigenvalue weighted by molar-refractivity contribution is 0.113. The zero-order valence-corrected chi connectivity index (χ0v) is 12.5. The van der Waals surface area contributed by atoms with Crippen LogP contribution in [0.4, 0.5) is 0 Å². The lowest BCUT2D eigenvalue weighted by Crippen LogP contribution is -2.44. The van der Waals surface area contributed by atoms with Crippen molar-refractivity contribution in [2.75, 3.05) is 39.8 Å². The molecule has 0 spiro atoms. The zero-order chi connectivity index (χ0) is 13.1. The summed E-state index contributed by atoms with van der Waals surface area (Å²) in [5.74, 6) is 0. The molecule has 1 aliphatic heterocycles. The first-order valence-corrected chi connectivity index (χ1v) is 7.54. The lowest BCUT2D eigenvalue weighted by Gasteiger charge is -2.32. The van der Waals surface area contributed by atoms with Crippen molar-refractivity contribution in [1.29, 1.82) is 0 Å². The third kappa shape index (κ3) is 3.54. The second kappa shape index (κ2) is 6.15. The van der Waals surface area contributed by atoms with Crippen LogP contribution in [0, 0.1) is 13.8 Å². The monoisotopic (exact) mass is 268 g/mol. The Morgan fingerprint density at radius 3 is 2.50 bits per heavy atom. The molecule has 1 unspecified atom stereocenters. The minimum Gasteiger partial charge on any atom is -0.388 e. The summed E-state index contributed by atoms with van der Waals surface area (Å²) in [4.78, 5) is 7.37. The molecule has 1 saturated heterocycles. The Morgan fingerprint density at radius 1 is 1.28 bits per heavy atom. The fourth-order valence-electron chi connectivity index (χ4n) is 2.51. The van der Waals surface area contributed by atoms with Crippen molar-refractivity contribution in [2.45, 2.75) is 26.4 Å². The summed E-state index contributed by atoms with van der Waals surface area (Å²) in [5.41, 5.74) is 1.13. The number of rotatable bonds is 4. The summed E-state index contributed by atoms with van der Waals surface area (Å²) in [6, 6.07) is 2.13. The molecule has 1 aromatic rings. The van der Waals surface area contributed by atoms with Gasteiger partial charge in [0.05, 0.1) is 6.10 Å². The van der Waals surface area contributed by atoms with E-state index in [0.29, 0.717) is 0 Å². The van der Waals surface area contributed by atoms with E-state index in [1.165, 1.54) is 9.75 Å². The van der Waals surface area contributed by atoms with Gasteiger partial charge in [-0.2, -0.15) is 0 Å². The molecule has 2 rings (SSSR count). The minimum atomic E-state index is -0.297. The molecule has 18 heavy (non-hydrogen) atoms. The molecule has 0 aliphatic carbocycles. The molecule has 0 aromatic carbocycles. The van der Waals surface area contributed by atoms with Crippen molar-refractivity contribution in [3.63, 3.8) is 0 Å². The summed E-state index contributed by atoms with van der Waals surface area (Å²) in [6.45, 7) is 9.76. The minimum absolute atomic E-state index is 0.297. The van der Waals surface area contributed by atoms with Gasteiger partial charge in [-0.25, -0.2) is 0 Å². The smallest absolute Gasteiger partial charge is 0.0813 e. The molecule has 1 N–H and O–H groups in total. The van der Waals surface area contributed by atoms with E-state index in [9.17, 15) is 5.11 Å². The maximum atomic E-state index is 10.3. The number of hydrogen-bond acceptors (Lipinski definition) is 4. The number of nitrogens with zero attached hydrogens (tertiary/aromatic N) is 2. The fourth-order valence-corrected chi connectivity index (χ4v) is 3.49. The first-order chi connectivity index (χ1) is 8.56. The Hall–Kier alpha value is -0.420. The number of aryl methyl sites for hydroxylation is 2. The van der Waals surface area contributed by atoms with Gasteiger partial charge >= 0.3 is 0 Å². The van der Waals surface area contributed by atoms with Gasteiger partial charge in [0, 0.05) is 42.5 Å². The zero-order valence-electron chi connectivity index (χ0n) is 11.6. The topological polar surface area (TPSA) is 26.7 Å². The van der Waals surface area contributed by atoms with E-state index in [0.717, 1.165) is 44.7 Å². The van der Waals surface area contributed by atoms with Crippen molar-refractivity contribution in [1.82, 2.24) is 9.80 Å². The van der Waals surface area contributed by atoms with E-state index >= 15 is 0 Å². The maximum absolute atomic E-state index is 10.3. The van der Waals surface area contributed by atoms with Crippen LogP contribution < -0.4 is 0 Å². The van der Waals surface area contributed by atoms with E-state index in [1.807, 2.05) is 0 Å². The number of piperazine rings is 1. The summed E-state index contributed by atoms with van der Waals surface area (Å²) in [6.07, 6.45) is 0.551. The second-order valence-electron chi connectivity index (χ2n) is 5.32. The van der Waals surface area contributed by atoms with Gasteiger partial charge in [0.2, 0.25) is 0 Å². The standard InChI is InChI=1S/C14H24N2OS/c1-11-10-13(12(2)18-11)14(17)4-5-16-8-6-15(3)7-9-16/h10,14,17H,4-9H2,1-3H3. The van der Waals surface area contributed by atoms with E-state index in [1.54, 1.807) is 11.3 Å². The second-order valence-corrected chi connectivity index (χ2v) is 6.78. The maximum Gasteiger partial charge on any atom is 0.0813 e. The highest BCUT2D eigenvalue weighted by molar-refractivity contribution is 7.12. The van der Waals surface area contributed by atoms with Gasteiger partial charge in [0.1, 0.15) is 0 Å². The predicted molar refractivity (Wildman–Crippen MR) is 77.3 cm³/mol. The molecule has 0 amide bonds. The molecule has 1 fully saturated rings. The molecule has 0 saturated carbocycles. The van der Waals surface area contributed by atoms with Crippen LogP contribution in [0.2, 0.25) is 0 Å². The van der Waals surface area contributed by atoms with E-state index in [-0.39, 0.29) is 6.10 Å². The Kier molecular flexibility index (Phi) is 4.78. The first-order valence-electron chi connectivity index (χ1n) is 6.72. The fraction of sp³-hybridized carbons (Fsp3) is 0.714. The highest BCUT2D eigenvalue weighted by Crippen LogP contribution is 2.28. The van der Waals surface area contributed by atoms with Crippen LogP contribution in [0.15, 0.2) is 6.07 Å². The summed E-state index contributed by atoms with van der Waals surface area (Å²) >= 11 is 1.78. The van der Waals surface area contributed by atoms with Crippen LogP contribution in [0.1, 0.15) is 27.8 Å². The SMILES string of the molecule is Cc1cc(C(O)CCN2CCN(C)CC2)c(C)s1. The van der Waals surface area contributed by atoms with E-state index in [2.05, 4.69) is 36.8 Å². The van der Waals surface area contributed by atoms with E-state index in [4.69, 9.17) is 0 Å². The van der Waals surface area contributed by atoms with Crippen molar-refractivity contribution in [3.8, 4) is 0 Å². The van der Waals surface area contributed by atoms with Gasteiger partial charge < -0.3 is 14.9 Å². The van der Waals surface area contributed by atoms with Crippen molar-refractivity contribution in [3.05, 3.63) is 21.4 Å². The van der Waals surface area contributed by atoms with Crippen LogP contribution in [0.3, 0.4) is 0 Å². The largest absolute Gasteiger partial charge is 0.388 e. The predicted octanol–water partition coefficient (Wildman–Crippen LogP) is 2.04. The number of aliphatic hydroxyl groups is 1. The Morgan fingerprint density at radius 2 is 1.94 bits per heavy atom. The Labute approximate surface area is 114 Å². The number of likely N-dealkylation sites (N-methyl/N-ethyl adjacent to an activating group) is 1. The van der Waals surface area contributed by atoms with Gasteiger partial charge in [-0.1, -0.05) is 0 Å². The third-order valence-electron chi connectivity index (χ3n) is 3.75. The van der Waals surface area contributed by atoms with Gasteiger partial charge in [-0.15, -0.1) is 11.3 Å². The lowest BCUT2D eigenvalue weighted by atomic mass is 10.1. The van der Waals surface area contributed by atoms with Crippen molar-refractivity contribution < 1.29 is 5.11 Å². The van der Waals surface area contributed by atoms with Crippen molar-refractivity contribution >= 4 is 11.3 Å². The number of thiophene rings is 1. The first kappa shape index (κ1) is 14.0. The number of aliphatic hydroxyl groups excluding tert-OH is 1. The van der Waals surface area contributed by atoms with Crippen LogP contribution in [0.5, 0.6) is 0 Å². The van der Waals surface area contributed by atoms with Gasteiger partial charge in [-0.3, -0.25) is 0 Å². The van der Waals surface area contributed by atoms with Crippen LogP contribution >= 0.6 is 11.3 Å². The summed E-state index contributed by atoms with van der Waals surface area (Å²) < 4.78 is 0. The highest BCUT2D eigenvalue weighted by Gasteiger charge is 2.17. The molecule has 3 nitrogen and oxygen atoms in total.